The molecule has 3 rings (SSSR count). The van der Waals surface area contributed by atoms with Gasteiger partial charge in [-0.3, -0.25) is 4.79 Å². The molecular formula is C18H23NO4. The fraction of sp³-hybridized carbons (Fsp3) is 0.556. The zero-order valence-electron chi connectivity index (χ0n) is 13.4. The number of carbonyl (C=O) groups is 2. The number of hydrogen-bond donors (Lipinski definition) is 2. The van der Waals surface area contributed by atoms with Crippen molar-refractivity contribution >= 4 is 11.9 Å². The molecule has 1 amide bonds. The van der Waals surface area contributed by atoms with Crippen LogP contribution in [0.25, 0.3) is 0 Å². The molecule has 0 aromatic heterocycles. The number of carboxylic acids is 1. The first-order valence-corrected chi connectivity index (χ1v) is 8.28. The highest BCUT2D eigenvalue weighted by atomic mass is 16.5. The lowest BCUT2D eigenvalue weighted by Crippen LogP contribution is -2.48. The van der Waals surface area contributed by atoms with Crippen LogP contribution in [0.5, 0.6) is 0 Å². The van der Waals surface area contributed by atoms with Crippen molar-refractivity contribution in [3.8, 4) is 0 Å². The van der Waals surface area contributed by atoms with Crippen molar-refractivity contribution in [1.82, 2.24) is 5.32 Å². The van der Waals surface area contributed by atoms with E-state index in [1.807, 2.05) is 19.1 Å². The molecule has 0 spiro atoms. The second-order valence-electron chi connectivity index (χ2n) is 6.68. The van der Waals surface area contributed by atoms with Crippen molar-refractivity contribution in [2.24, 2.45) is 0 Å². The summed E-state index contributed by atoms with van der Waals surface area (Å²) >= 11 is 0. The number of hydrogen-bond acceptors (Lipinski definition) is 3. The summed E-state index contributed by atoms with van der Waals surface area (Å²) in [6.07, 6.45) is 3.34. The fourth-order valence-corrected chi connectivity index (χ4v) is 3.74. The van der Waals surface area contributed by atoms with Crippen molar-refractivity contribution < 1.29 is 19.4 Å². The third-order valence-corrected chi connectivity index (χ3v) is 4.98. The molecule has 2 atom stereocenters. The first-order valence-electron chi connectivity index (χ1n) is 8.28. The fourth-order valence-electron chi connectivity index (χ4n) is 3.74. The Morgan fingerprint density at radius 3 is 2.52 bits per heavy atom. The van der Waals surface area contributed by atoms with Crippen molar-refractivity contribution in [3.05, 3.63) is 35.4 Å². The average Bonchev–Trinajstić information content (AvgIpc) is 3.17. The van der Waals surface area contributed by atoms with Crippen LogP contribution in [0.2, 0.25) is 0 Å². The quantitative estimate of drug-likeness (QED) is 0.894. The zero-order chi connectivity index (χ0) is 16.4. The Morgan fingerprint density at radius 1 is 1.22 bits per heavy atom. The summed E-state index contributed by atoms with van der Waals surface area (Å²) in [7, 11) is 0. The molecule has 1 aliphatic carbocycles. The molecular weight excluding hydrogens is 294 g/mol. The summed E-state index contributed by atoms with van der Waals surface area (Å²) in [6, 6.07) is 8.25. The van der Waals surface area contributed by atoms with Crippen LogP contribution in [0, 0.1) is 6.92 Å². The van der Waals surface area contributed by atoms with Crippen LogP contribution in [-0.2, 0) is 19.9 Å². The van der Waals surface area contributed by atoms with Crippen LogP contribution >= 0.6 is 0 Å². The van der Waals surface area contributed by atoms with Gasteiger partial charge in [-0.15, -0.1) is 0 Å². The van der Waals surface area contributed by atoms with Gasteiger partial charge >= 0.3 is 5.97 Å². The van der Waals surface area contributed by atoms with Gasteiger partial charge in [0.2, 0.25) is 5.91 Å². The molecule has 5 heteroatoms. The van der Waals surface area contributed by atoms with Gasteiger partial charge in [-0.1, -0.05) is 42.7 Å². The maximum Gasteiger partial charge on any atom is 0.332 e. The van der Waals surface area contributed by atoms with E-state index in [0.29, 0.717) is 12.8 Å². The van der Waals surface area contributed by atoms with E-state index >= 15 is 0 Å². The van der Waals surface area contributed by atoms with E-state index in [-0.39, 0.29) is 11.4 Å². The minimum atomic E-state index is -0.991. The maximum atomic E-state index is 12.6. The molecule has 0 unspecified atom stereocenters. The third-order valence-electron chi connectivity index (χ3n) is 4.98. The van der Waals surface area contributed by atoms with Gasteiger partial charge in [-0.2, -0.15) is 0 Å². The zero-order valence-corrected chi connectivity index (χ0v) is 13.4. The van der Waals surface area contributed by atoms with Crippen LogP contribution < -0.4 is 5.32 Å². The van der Waals surface area contributed by atoms with E-state index in [9.17, 15) is 9.59 Å². The molecule has 1 heterocycles. The van der Waals surface area contributed by atoms with E-state index in [0.717, 1.165) is 31.2 Å². The third kappa shape index (κ3) is 3.24. The predicted molar refractivity (Wildman–Crippen MR) is 85.0 cm³/mol. The number of benzene rings is 1. The van der Waals surface area contributed by atoms with Gasteiger partial charge in [-0.05, 0) is 38.2 Å². The Bertz CT molecular complexity index is 607. The average molecular weight is 317 g/mol. The molecule has 1 saturated heterocycles. The smallest absolute Gasteiger partial charge is 0.332 e. The molecule has 5 nitrogen and oxygen atoms in total. The largest absolute Gasteiger partial charge is 0.479 e. The number of carboxylic acid groups (broad SMARTS) is 1. The van der Waals surface area contributed by atoms with Crippen molar-refractivity contribution in [2.45, 2.75) is 63.2 Å². The molecule has 1 aromatic carbocycles. The molecule has 0 radical (unpaired) electrons. The van der Waals surface area contributed by atoms with Crippen molar-refractivity contribution in [2.75, 3.05) is 0 Å². The number of rotatable bonds is 4. The standard InChI is InChI=1S/C18H23NO4/c1-12-5-4-6-13(11-12)18(9-2-3-10-18)19-16(20)14-7-8-15(23-14)17(21)22/h4-6,11,14-15H,2-3,7-10H2,1H3,(H,19,20)(H,21,22)/t14-,15+/m0/s1. The predicted octanol–water partition coefficient (Wildman–Crippen LogP) is 2.51. The number of aliphatic carboxylic acids is 1. The lowest BCUT2D eigenvalue weighted by molar-refractivity contribution is -0.152. The summed E-state index contributed by atoms with van der Waals surface area (Å²) in [6.45, 7) is 2.05. The van der Waals surface area contributed by atoms with E-state index in [1.165, 1.54) is 5.56 Å². The van der Waals surface area contributed by atoms with Gasteiger partial charge in [0, 0.05) is 0 Å². The van der Waals surface area contributed by atoms with Gasteiger partial charge < -0.3 is 15.2 Å². The Hall–Kier alpha value is -1.88. The monoisotopic (exact) mass is 317 g/mol. The highest BCUT2D eigenvalue weighted by Crippen LogP contribution is 2.39. The second kappa shape index (κ2) is 6.32. The van der Waals surface area contributed by atoms with Crippen molar-refractivity contribution in [1.29, 1.82) is 0 Å². The number of ether oxygens (including phenoxy) is 1. The SMILES string of the molecule is Cc1cccc(C2(NC(=O)[C@@H]3CC[C@H](C(=O)O)O3)CCCC2)c1. The summed E-state index contributed by atoms with van der Waals surface area (Å²) in [5.74, 6) is -1.17. The molecule has 2 fully saturated rings. The van der Waals surface area contributed by atoms with Gasteiger partial charge in [-0.25, -0.2) is 4.79 Å². The van der Waals surface area contributed by atoms with Crippen LogP contribution in [0.1, 0.15) is 49.7 Å². The first kappa shape index (κ1) is 16.0. The highest BCUT2D eigenvalue weighted by Gasteiger charge is 2.41. The Balaban J connectivity index is 1.75. The van der Waals surface area contributed by atoms with E-state index in [2.05, 4.69) is 17.4 Å². The topological polar surface area (TPSA) is 75.6 Å². The molecule has 0 bridgehead atoms. The molecule has 1 saturated carbocycles. The highest BCUT2D eigenvalue weighted by molar-refractivity contribution is 5.83. The molecule has 23 heavy (non-hydrogen) atoms. The van der Waals surface area contributed by atoms with Crippen molar-refractivity contribution in [3.63, 3.8) is 0 Å². The Kier molecular flexibility index (Phi) is 4.39. The van der Waals surface area contributed by atoms with Crippen LogP contribution in [0.3, 0.4) is 0 Å². The molecule has 1 aliphatic heterocycles. The number of aryl methyl sites for hydroxylation is 1. The van der Waals surface area contributed by atoms with Gasteiger partial charge in [0.05, 0.1) is 5.54 Å². The molecule has 124 valence electrons. The van der Waals surface area contributed by atoms with Gasteiger partial charge in [0.25, 0.3) is 0 Å². The Labute approximate surface area is 136 Å². The minimum absolute atomic E-state index is 0.183. The molecule has 1 aromatic rings. The lowest BCUT2D eigenvalue weighted by Gasteiger charge is -2.32. The summed E-state index contributed by atoms with van der Waals surface area (Å²) in [4.78, 5) is 23.6. The van der Waals surface area contributed by atoms with Crippen LogP contribution in [0.15, 0.2) is 24.3 Å². The van der Waals surface area contributed by atoms with E-state index in [4.69, 9.17) is 9.84 Å². The van der Waals surface area contributed by atoms with E-state index < -0.39 is 18.2 Å². The first-order chi connectivity index (χ1) is 11.0. The number of amides is 1. The number of carbonyl (C=O) groups excluding carboxylic acids is 1. The van der Waals surface area contributed by atoms with Crippen LogP contribution in [0.4, 0.5) is 0 Å². The molecule has 2 aliphatic rings. The van der Waals surface area contributed by atoms with Gasteiger partial charge in [0.1, 0.15) is 6.10 Å². The summed E-state index contributed by atoms with van der Waals surface area (Å²) in [5.41, 5.74) is 1.97. The lowest BCUT2D eigenvalue weighted by atomic mass is 9.87. The van der Waals surface area contributed by atoms with Gasteiger partial charge in [0.15, 0.2) is 6.10 Å². The van der Waals surface area contributed by atoms with E-state index in [1.54, 1.807) is 0 Å². The minimum Gasteiger partial charge on any atom is -0.479 e. The normalized spacial score (nSPS) is 26.1. The molecule has 2 N–H and O–H groups in total. The summed E-state index contributed by atoms with van der Waals surface area (Å²) in [5, 5.41) is 12.2. The second-order valence-corrected chi connectivity index (χ2v) is 6.68. The summed E-state index contributed by atoms with van der Waals surface area (Å²) < 4.78 is 5.39. The Morgan fingerprint density at radius 2 is 1.91 bits per heavy atom. The maximum absolute atomic E-state index is 12.6. The number of nitrogens with one attached hydrogen (secondary N) is 1. The van der Waals surface area contributed by atoms with Crippen LogP contribution in [-0.4, -0.2) is 29.2 Å².